The Morgan fingerprint density at radius 1 is 1.50 bits per heavy atom. The van der Waals surface area contributed by atoms with Crippen LogP contribution >= 0.6 is 0 Å². The Morgan fingerprint density at radius 3 is 2.86 bits per heavy atom. The summed E-state index contributed by atoms with van der Waals surface area (Å²) in [6.45, 7) is 0. The van der Waals surface area contributed by atoms with Crippen molar-refractivity contribution >= 4 is 17.7 Å². The van der Waals surface area contributed by atoms with Crippen molar-refractivity contribution in [1.29, 1.82) is 0 Å². The summed E-state index contributed by atoms with van der Waals surface area (Å²) in [7, 11) is 0. The SMILES string of the molecule is [N-]=[N+]=Nc1ccccc1/C=C\C(=O)O. The third kappa shape index (κ3) is 2.66. The molecule has 0 saturated carbocycles. The van der Waals surface area contributed by atoms with E-state index in [-0.39, 0.29) is 0 Å². The van der Waals surface area contributed by atoms with Crippen LogP contribution in [-0.4, -0.2) is 11.1 Å². The minimum absolute atomic E-state index is 0.410. The second-order valence-corrected chi connectivity index (χ2v) is 2.42. The normalized spacial score (nSPS) is 9.71. The van der Waals surface area contributed by atoms with Crippen LogP contribution in [0.3, 0.4) is 0 Å². The third-order valence-corrected chi connectivity index (χ3v) is 1.49. The van der Waals surface area contributed by atoms with Crippen molar-refractivity contribution in [3.8, 4) is 0 Å². The van der Waals surface area contributed by atoms with Gasteiger partial charge in [0, 0.05) is 16.7 Å². The molecule has 0 bridgehead atoms. The van der Waals surface area contributed by atoms with Gasteiger partial charge in [-0.25, -0.2) is 4.79 Å². The van der Waals surface area contributed by atoms with Gasteiger partial charge in [-0.1, -0.05) is 29.4 Å². The first kappa shape index (κ1) is 9.83. The van der Waals surface area contributed by atoms with E-state index < -0.39 is 5.97 Å². The highest BCUT2D eigenvalue weighted by Crippen LogP contribution is 2.19. The number of benzene rings is 1. The molecule has 0 aliphatic carbocycles. The van der Waals surface area contributed by atoms with Gasteiger partial charge in [0.1, 0.15) is 0 Å². The van der Waals surface area contributed by atoms with E-state index in [1.807, 2.05) is 0 Å². The topological polar surface area (TPSA) is 86.1 Å². The summed E-state index contributed by atoms with van der Waals surface area (Å²) in [5, 5.41) is 11.8. The molecule has 0 aliphatic heterocycles. The molecule has 0 heterocycles. The molecule has 1 aromatic carbocycles. The molecule has 0 fully saturated rings. The van der Waals surface area contributed by atoms with Crippen LogP contribution in [-0.2, 0) is 4.79 Å². The zero-order valence-electron chi connectivity index (χ0n) is 7.16. The van der Waals surface area contributed by atoms with Crippen molar-refractivity contribution in [3.05, 3.63) is 46.3 Å². The van der Waals surface area contributed by atoms with E-state index in [0.717, 1.165) is 6.08 Å². The monoisotopic (exact) mass is 189 g/mol. The Morgan fingerprint density at radius 2 is 2.21 bits per heavy atom. The zero-order valence-corrected chi connectivity index (χ0v) is 7.16. The lowest BCUT2D eigenvalue weighted by Gasteiger charge is -1.96. The van der Waals surface area contributed by atoms with Gasteiger partial charge in [-0.15, -0.1) is 0 Å². The van der Waals surface area contributed by atoms with Crippen molar-refractivity contribution in [3.63, 3.8) is 0 Å². The fourth-order valence-electron chi connectivity index (χ4n) is 0.929. The molecule has 1 N–H and O–H groups in total. The van der Waals surface area contributed by atoms with Gasteiger partial charge in [-0.2, -0.15) is 0 Å². The Hall–Kier alpha value is -2.26. The van der Waals surface area contributed by atoms with Gasteiger partial charge in [-0.3, -0.25) is 0 Å². The summed E-state index contributed by atoms with van der Waals surface area (Å²) in [6, 6.07) is 6.73. The number of hydrogen-bond acceptors (Lipinski definition) is 2. The molecular weight excluding hydrogens is 182 g/mol. The Labute approximate surface area is 79.9 Å². The Balaban J connectivity index is 3.07. The maximum Gasteiger partial charge on any atom is 0.328 e. The lowest BCUT2D eigenvalue weighted by molar-refractivity contribution is -0.131. The standard InChI is InChI=1S/C9H7N3O2/c10-12-11-8-4-2-1-3-7(8)5-6-9(13)14/h1-6H,(H,13,14)/b6-5-. The van der Waals surface area contributed by atoms with Crippen LogP contribution in [0.4, 0.5) is 5.69 Å². The van der Waals surface area contributed by atoms with Crippen LogP contribution in [0.25, 0.3) is 16.5 Å². The third-order valence-electron chi connectivity index (χ3n) is 1.49. The van der Waals surface area contributed by atoms with Crippen molar-refractivity contribution in [2.24, 2.45) is 5.11 Å². The quantitative estimate of drug-likeness (QED) is 0.343. The average molecular weight is 189 g/mol. The molecule has 0 amide bonds. The molecule has 0 atom stereocenters. The molecule has 0 aliphatic rings. The minimum atomic E-state index is -1.04. The van der Waals surface area contributed by atoms with Gasteiger partial charge in [0.15, 0.2) is 0 Å². The van der Waals surface area contributed by atoms with E-state index in [1.54, 1.807) is 24.3 Å². The van der Waals surface area contributed by atoms with E-state index >= 15 is 0 Å². The molecule has 0 spiro atoms. The van der Waals surface area contributed by atoms with E-state index in [4.69, 9.17) is 10.6 Å². The maximum atomic E-state index is 10.3. The smallest absolute Gasteiger partial charge is 0.328 e. The highest BCUT2D eigenvalue weighted by molar-refractivity contribution is 5.86. The van der Waals surface area contributed by atoms with E-state index in [0.29, 0.717) is 11.3 Å². The number of aliphatic carboxylic acids is 1. The summed E-state index contributed by atoms with van der Waals surface area (Å²) >= 11 is 0. The first-order valence-corrected chi connectivity index (χ1v) is 3.79. The second kappa shape index (κ2) is 4.69. The van der Waals surface area contributed by atoms with Gasteiger partial charge in [0.25, 0.3) is 0 Å². The molecule has 5 heteroatoms. The summed E-state index contributed by atoms with van der Waals surface area (Å²) in [6.07, 6.45) is 2.37. The molecule has 0 aromatic heterocycles. The second-order valence-electron chi connectivity index (χ2n) is 2.42. The van der Waals surface area contributed by atoms with Gasteiger partial charge in [0.2, 0.25) is 0 Å². The largest absolute Gasteiger partial charge is 0.478 e. The molecule has 5 nitrogen and oxygen atoms in total. The van der Waals surface area contributed by atoms with Crippen molar-refractivity contribution < 1.29 is 9.90 Å². The molecule has 70 valence electrons. The lowest BCUT2D eigenvalue weighted by Crippen LogP contribution is -1.85. The van der Waals surface area contributed by atoms with Gasteiger partial charge in [-0.05, 0) is 17.2 Å². The van der Waals surface area contributed by atoms with E-state index in [2.05, 4.69) is 10.0 Å². The fourth-order valence-corrected chi connectivity index (χ4v) is 0.929. The maximum absolute atomic E-state index is 10.3. The number of nitrogens with zero attached hydrogens (tertiary/aromatic N) is 3. The van der Waals surface area contributed by atoms with Crippen molar-refractivity contribution in [2.45, 2.75) is 0 Å². The molecule has 0 saturated heterocycles. The first-order chi connectivity index (χ1) is 6.74. The lowest BCUT2D eigenvalue weighted by atomic mass is 10.2. The van der Waals surface area contributed by atoms with Crippen LogP contribution in [0.1, 0.15) is 5.56 Å². The van der Waals surface area contributed by atoms with Gasteiger partial charge < -0.3 is 5.11 Å². The summed E-state index contributed by atoms with van der Waals surface area (Å²) < 4.78 is 0. The molecule has 0 unspecified atom stereocenters. The van der Waals surface area contributed by atoms with Gasteiger partial charge in [0.05, 0.1) is 0 Å². The highest BCUT2D eigenvalue weighted by atomic mass is 16.4. The van der Waals surface area contributed by atoms with Crippen LogP contribution in [0.15, 0.2) is 35.5 Å². The number of carbonyl (C=O) groups is 1. The summed E-state index contributed by atoms with van der Waals surface area (Å²) in [5.74, 6) is -1.04. The van der Waals surface area contributed by atoms with E-state index in [1.165, 1.54) is 6.08 Å². The number of carboxylic acid groups (broad SMARTS) is 1. The van der Waals surface area contributed by atoms with Crippen LogP contribution in [0, 0.1) is 0 Å². The predicted octanol–water partition coefficient (Wildman–Crippen LogP) is 2.73. The number of carboxylic acids is 1. The Bertz CT molecular complexity index is 420. The predicted molar refractivity (Wildman–Crippen MR) is 51.9 cm³/mol. The fraction of sp³-hybridized carbons (Fsp3) is 0. The minimum Gasteiger partial charge on any atom is -0.478 e. The molecule has 1 rings (SSSR count). The van der Waals surface area contributed by atoms with E-state index in [9.17, 15) is 4.79 Å². The Kier molecular flexibility index (Phi) is 3.29. The van der Waals surface area contributed by atoms with Crippen molar-refractivity contribution in [2.75, 3.05) is 0 Å². The summed E-state index contributed by atoms with van der Waals surface area (Å²) in [5.41, 5.74) is 9.23. The van der Waals surface area contributed by atoms with Crippen molar-refractivity contribution in [1.82, 2.24) is 0 Å². The molecule has 0 radical (unpaired) electrons. The number of hydrogen-bond donors (Lipinski definition) is 1. The molecule has 1 aromatic rings. The summed E-state index contributed by atoms with van der Waals surface area (Å²) in [4.78, 5) is 12.9. The van der Waals surface area contributed by atoms with Crippen LogP contribution in [0.5, 0.6) is 0 Å². The van der Waals surface area contributed by atoms with Crippen LogP contribution in [0.2, 0.25) is 0 Å². The van der Waals surface area contributed by atoms with Gasteiger partial charge >= 0.3 is 5.97 Å². The molecule has 14 heavy (non-hydrogen) atoms. The number of azide groups is 1. The molecular formula is C9H7N3O2. The average Bonchev–Trinajstić information content (AvgIpc) is 2.17. The van der Waals surface area contributed by atoms with Crippen LogP contribution < -0.4 is 0 Å². The zero-order chi connectivity index (χ0) is 10.4. The number of rotatable bonds is 3. The first-order valence-electron chi connectivity index (χ1n) is 3.79. The highest BCUT2D eigenvalue weighted by Gasteiger charge is 1.95.